The number of nitrogens with zero attached hydrogens (tertiary/aromatic N) is 2. The maximum absolute atomic E-state index is 11.6. The molecule has 17 heavy (non-hydrogen) atoms. The maximum Gasteiger partial charge on any atom is 0.342 e. The summed E-state index contributed by atoms with van der Waals surface area (Å²) in [5.74, 6) is -0.360. The first-order valence-electron chi connectivity index (χ1n) is 5.75. The molecule has 1 saturated heterocycles. The lowest BCUT2D eigenvalue weighted by atomic mass is 10.2. The number of esters is 1. The zero-order valence-corrected chi connectivity index (χ0v) is 11.3. The van der Waals surface area contributed by atoms with Crippen molar-refractivity contribution in [3.63, 3.8) is 0 Å². The Balaban J connectivity index is 2.14. The summed E-state index contributed by atoms with van der Waals surface area (Å²) in [7, 11) is 0. The van der Waals surface area contributed by atoms with Crippen molar-refractivity contribution in [1.82, 2.24) is 9.78 Å². The molecular weight excluding hydrogens is 288 g/mol. The molecule has 0 aliphatic carbocycles. The number of carbonyl (C=O) groups excluding carboxylic acids is 1. The predicted octanol–water partition coefficient (Wildman–Crippen LogP) is 2.52. The van der Waals surface area contributed by atoms with Gasteiger partial charge in [0.15, 0.2) is 0 Å². The Morgan fingerprint density at radius 1 is 1.71 bits per heavy atom. The maximum atomic E-state index is 11.6. The Labute approximate surface area is 108 Å². The van der Waals surface area contributed by atoms with Crippen LogP contribution in [0.3, 0.4) is 0 Å². The number of hydrogen-bond donors (Lipinski definition) is 0. The molecule has 0 saturated carbocycles. The number of rotatable bonds is 3. The molecule has 0 radical (unpaired) electrons. The van der Waals surface area contributed by atoms with E-state index < -0.39 is 0 Å². The van der Waals surface area contributed by atoms with Gasteiger partial charge in [0.1, 0.15) is 16.4 Å². The lowest BCUT2D eigenvalue weighted by molar-refractivity contribution is -0.0396. The van der Waals surface area contributed by atoms with Gasteiger partial charge in [0, 0.05) is 12.8 Å². The van der Waals surface area contributed by atoms with Crippen molar-refractivity contribution < 1.29 is 14.3 Å². The number of halogens is 1. The van der Waals surface area contributed by atoms with Crippen molar-refractivity contribution in [3.8, 4) is 0 Å². The monoisotopic (exact) mass is 302 g/mol. The van der Waals surface area contributed by atoms with Crippen molar-refractivity contribution in [2.45, 2.75) is 32.4 Å². The van der Waals surface area contributed by atoms with E-state index in [0.29, 0.717) is 16.8 Å². The molecule has 5 nitrogen and oxygen atoms in total. The molecule has 0 aromatic carbocycles. The van der Waals surface area contributed by atoms with Gasteiger partial charge in [-0.2, -0.15) is 5.10 Å². The van der Waals surface area contributed by atoms with Gasteiger partial charge in [0.25, 0.3) is 0 Å². The second-order valence-corrected chi connectivity index (χ2v) is 4.61. The largest absolute Gasteiger partial charge is 0.462 e. The third-order valence-corrected chi connectivity index (χ3v) is 3.22. The molecule has 0 spiro atoms. The number of ether oxygens (including phenoxy) is 2. The highest BCUT2D eigenvalue weighted by atomic mass is 79.9. The van der Waals surface area contributed by atoms with Crippen molar-refractivity contribution in [2.24, 2.45) is 0 Å². The fraction of sp³-hybridized carbons (Fsp3) is 0.636. The smallest absolute Gasteiger partial charge is 0.342 e. The van der Waals surface area contributed by atoms with E-state index in [1.807, 2.05) is 0 Å². The molecule has 1 aliphatic rings. The lowest BCUT2D eigenvalue weighted by Gasteiger charge is -2.22. The average Bonchev–Trinajstić information content (AvgIpc) is 2.73. The van der Waals surface area contributed by atoms with Crippen molar-refractivity contribution >= 4 is 21.9 Å². The molecule has 1 aromatic heterocycles. The summed E-state index contributed by atoms with van der Waals surface area (Å²) in [5.41, 5.74) is 0.445. The first-order valence-corrected chi connectivity index (χ1v) is 6.55. The molecule has 1 unspecified atom stereocenters. The summed E-state index contributed by atoms with van der Waals surface area (Å²) in [6.45, 7) is 2.88. The van der Waals surface area contributed by atoms with Crippen molar-refractivity contribution in [3.05, 3.63) is 16.4 Å². The molecule has 2 heterocycles. The molecule has 1 fully saturated rings. The summed E-state index contributed by atoms with van der Waals surface area (Å²) in [6.07, 6.45) is 4.75. The highest BCUT2D eigenvalue weighted by Crippen LogP contribution is 2.25. The van der Waals surface area contributed by atoms with E-state index in [0.717, 1.165) is 25.9 Å². The van der Waals surface area contributed by atoms with Gasteiger partial charge in [-0.1, -0.05) is 0 Å². The standard InChI is InChI=1S/C11H15BrN2O3/c1-2-16-11(15)8-7-14(13-10(8)12)9-5-3-4-6-17-9/h7,9H,2-6H2,1H3. The van der Waals surface area contributed by atoms with Crippen LogP contribution >= 0.6 is 15.9 Å². The molecule has 0 N–H and O–H groups in total. The Kier molecular flexibility index (Phi) is 4.17. The molecular formula is C11H15BrN2O3. The number of aromatic nitrogens is 2. The Morgan fingerprint density at radius 2 is 2.53 bits per heavy atom. The minimum Gasteiger partial charge on any atom is -0.462 e. The van der Waals surface area contributed by atoms with Gasteiger partial charge in [-0.05, 0) is 42.1 Å². The van der Waals surface area contributed by atoms with Crippen LogP contribution in [0.4, 0.5) is 0 Å². The molecule has 1 aromatic rings. The van der Waals surface area contributed by atoms with Gasteiger partial charge >= 0.3 is 5.97 Å². The second kappa shape index (κ2) is 5.64. The topological polar surface area (TPSA) is 53.4 Å². The van der Waals surface area contributed by atoms with Gasteiger partial charge in [-0.15, -0.1) is 0 Å². The van der Waals surface area contributed by atoms with Crippen LogP contribution in [0, 0.1) is 0 Å². The first kappa shape index (κ1) is 12.6. The summed E-state index contributed by atoms with van der Waals surface area (Å²) >= 11 is 3.27. The number of hydrogen-bond acceptors (Lipinski definition) is 4. The van der Waals surface area contributed by atoms with Crippen LogP contribution in [-0.4, -0.2) is 29.0 Å². The molecule has 0 amide bonds. The summed E-state index contributed by atoms with van der Waals surface area (Å²) in [4.78, 5) is 11.6. The highest BCUT2D eigenvalue weighted by molar-refractivity contribution is 9.10. The Bertz CT molecular complexity index is 399. The fourth-order valence-corrected chi connectivity index (χ4v) is 2.24. The zero-order chi connectivity index (χ0) is 12.3. The SMILES string of the molecule is CCOC(=O)c1cn(C2CCCCO2)nc1Br. The van der Waals surface area contributed by atoms with Crippen molar-refractivity contribution in [2.75, 3.05) is 13.2 Å². The van der Waals surface area contributed by atoms with E-state index in [4.69, 9.17) is 9.47 Å². The van der Waals surface area contributed by atoms with Crippen LogP contribution in [0.2, 0.25) is 0 Å². The zero-order valence-electron chi connectivity index (χ0n) is 9.69. The summed E-state index contributed by atoms with van der Waals surface area (Å²) < 4.78 is 12.7. The van der Waals surface area contributed by atoms with E-state index >= 15 is 0 Å². The van der Waals surface area contributed by atoms with Gasteiger partial charge in [-0.3, -0.25) is 0 Å². The van der Waals surface area contributed by atoms with Crippen molar-refractivity contribution in [1.29, 1.82) is 0 Å². The van der Waals surface area contributed by atoms with E-state index in [1.165, 1.54) is 0 Å². The van der Waals surface area contributed by atoms with Crippen LogP contribution in [0.15, 0.2) is 10.8 Å². The molecule has 94 valence electrons. The third-order valence-electron chi connectivity index (χ3n) is 2.63. The Hall–Kier alpha value is -0.880. The molecule has 6 heteroatoms. The van der Waals surface area contributed by atoms with Crippen LogP contribution < -0.4 is 0 Å². The van der Waals surface area contributed by atoms with Crippen LogP contribution in [0.1, 0.15) is 42.8 Å². The second-order valence-electron chi connectivity index (χ2n) is 3.86. The molecule has 0 bridgehead atoms. The predicted molar refractivity (Wildman–Crippen MR) is 64.7 cm³/mol. The highest BCUT2D eigenvalue weighted by Gasteiger charge is 2.21. The first-order chi connectivity index (χ1) is 8.22. The average molecular weight is 303 g/mol. The molecule has 1 atom stereocenters. The van der Waals surface area contributed by atoms with E-state index in [9.17, 15) is 4.79 Å². The Morgan fingerprint density at radius 3 is 3.18 bits per heavy atom. The van der Waals surface area contributed by atoms with E-state index in [2.05, 4.69) is 21.0 Å². The normalized spacial score (nSPS) is 20.2. The van der Waals surface area contributed by atoms with Gasteiger partial charge in [-0.25, -0.2) is 9.48 Å². The third kappa shape index (κ3) is 2.87. The van der Waals surface area contributed by atoms with Gasteiger partial charge in [0.05, 0.1) is 6.61 Å². The van der Waals surface area contributed by atoms with E-state index in [-0.39, 0.29) is 12.2 Å². The summed E-state index contributed by atoms with van der Waals surface area (Å²) in [6, 6.07) is 0. The quantitative estimate of drug-likeness (QED) is 0.805. The molecule has 1 aliphatic heterocycles. The van der Waals surface area contributed by atoms with Gasteiger partial charge < -0.3 is 9.47 Å². The number of carbonyl (C=O) groups is 1. The van der Waals surface area contributed by atoms with Crippen LogP contribution in [0.25, 0.3) is 0 Å². The van der Waals surface area contributed by atoms with Crippen LogP contribution in [0.5, 0.6) is 0 Å². The van der Waals surface area contributed by atoms with Gasteiger partial charge in [0.2, 0.25) is 0 Å². The fourth-order valence-electron chi connectivity index (χ4n) is 1.80. The molecule has 2 rings (SSSR count). The lowest BCUT2D eigenvalue weighted by Crippen LogP contribution is -2.18. The summed E-state index contributed by atoms with van der Waals surface area (Å²) in [5, 5.41) is 4.25. The van der Waals surface area contributed by atoms with E-state index in [1.54, 1.807) is 17.8 Å². The minimum atomic E-state index is -0.360. The minimum absolute atomic E-state index is 0.0665. The van der Waals surface area contributed by atoms with Crippen LogP contribution in [-0.2, 0) is 9.47 Å².